The second-order valence-corrected chi connectivity index (χ2v) is 4.11. The van der Waals surface area contributed by atoms with Gasteiger partial charge in [-0.3, -0.25) is 4.79 Å². The maximum absolute atomic E-state index is 10.9. The maximum atomic E-state index is 10.9. The largest absolute Gasteiger partial charge is 0.395 e. The first kappa shape index (κ1) is 11.8. The number of nitrogens with one attached hydrogen (secondary N) is 1. The third-order valence-corrected chi connectivity index (χ3v) is 2.52. The van der Waals surface area contributed by atoms with E-state index in [0.29, 0.717) is 13.0 Å². The summed E-state index contributed by atoms with van der Waals surface area (Å²) in [6.45, 7) is 4.73. The first-order valence-corrected chi connectivity index (χ1v) is 5.24. The lowest BCUT2D eigenvalue weighted by Crippen LogP contribution is -2.23. The fourth-order valence-corrected chi connectivity index (χ4v) is 1.50. The molecule has 0 aromatic rings. The Bertz CT molecular complexity index is 130. The average molecular weight is 191 g/mol. The predicted octanol–water partition coefficient (Wildman–Crippen LogP) is 0.627. The summed E-state index contributed by atoms with van der Waals surface area (Å²) in [6, 6.07) is 0. The lowest BCUT2D eigenvalue weighted by Gasteiger charge is -2.06. The summed E-state index contributed by atoms with van der Waals surface area (Å²) in [5.74, 6) is 0.878. The summed E-state index contributed by atoms with van der Waals surface area (Å²) in [7, 11) is 0. The van der Waals surface area contributed by atoms with Crippen molar-refractivity contribution >= 4 is 17.7 Å². The van der Waals surface area contributed by atoms with Crippen LogP contribution < -0.4 is 5.32 Å². The Hall–Kier alpha value is -0.220. The minimum Gasteiger partial charge on any atom is -0.395 e. The van der Waals surface area contributed by atoms with Crippen LogP contribution in [-0.2, 0) is 4.79 Å². The molecule has 0 fully saturated rings. The summed E-state index contributed by atoms with van der Waals surface area (Å²) >= 11 is 1.62. The van der Waals surface area contributed by atoms with Crippen LogP contribution in [0, 0.1) is 0 Å². The van der Waals surface area contributed by atoms with Crippen molar-refractivity contribution in [1.82, 2.24) is 5.32 Å². The van der Waals surface area contributed by atoms with Crippen LogP contribution in [0.3, 0.4) is 0 Å². The molecule has 1 atom stereocenters. The Kier molecular flexibility index (Phi) is 7.29. The maximum Gasteiger partial charge on any atom is 0.220 e. The van der Waals surface area contributed by atoms with Gasteiger partial charge in [-0.25, -0.2) is 0 Å². The third kappa shape index (κ3) is 6.49. The van der Waals surface area contributed by atoms with Gasteiger partial charge in [0.15, 0.2) is 0 Å². The Labute approximate surface area is 77.9 Å². The molecule has 0 saturated heterocycles. The number of hydrogen-bond donors (Lipinski definition) is 2. The van der Waals surface area contributed by atoms with E-state index in [-0.39, 0.29) is 17.8 Å². The van der Waals surface area contributed by atoms with Gasteiger partial charge in [0.1, 0.15) is 0 Å². The zero-order valence-electron chi connectivity index (χ0n) is 7.67. The van der Waals surface area contributed by atoms with E-state index in [0.717, 1.165) is 5.75 Å². The Morgan fingerprint density at radius 2 is 2.33 bits per heavy atom. The molecule has 1 amide bonds. The number of rotatable bonds is 6. The molecule has 0 aromatic carbocycles. The molecule has 4 heteroatoms. The van der Waals surface area contributed by atoms with Crippen LogP contribution in [-0.4, -0.2) is 35.2 Å². The highest BCUT2D eigenvalue weighted by molar-refractivity contribution is 7.99. The van der Waals surface area contributed by atoms with E-state index >= 15 is 0 Å². The summed E-state index contributed by atoms with van der Waals surface area (Å²) in [6.07, 6.45) is 0.544. The SMILES string of the molecule is CCNC(=O)CCSC(C)CO. The van der Waals surface area contributed by atoms with Crippen LogP contribution in [0.4, 0.5) is 0 Å². The Morgan fingerprint density at radius 3 is 2.83 bits per heavy atom. The molecule has 12 heavy (non-hydrogen) atoms. The van der Waals surface area contributed by atoms with Gasteiger partial charge in [-0.05, 0) is 6.92 Å². The Balaban J connectivity index is 3.24. The van der Waals surface area contributed by atoms with Crippen molar-refractivity contribution in [2.75, 3.05) is 18.9 Å². The van der Waals surface area contributed by atoms with Crippen LogP contribution in [0.5, 0.6) is 0 Å². The zero-order chi connectivity index (χ0) is 9.40. The second-order valence-electron chi connectivity index (χ2n) is 2.57. The Morgan fingerprint density at radius 1 is 1.67 bits per heavy atom. The van der Waals surface area contributed by atoms with Gasteiger partial charge >= 0.3 is 0 Å². The van der Waals surface area contributed by atoms with Crippen LogP contribution in [0.15, 0.2) is 0 Å². The van der Waals surface area contributed by atoms with Crippen LogP contribution in [0.2, 0.25) is 0 Å². The van der Waals surface area contributed by atoms with Gasteiger partial charge in [-0.1, -0.05) is 6.92 Å². The smallest absolute Gasteiger partial charge is 0.220 e. The molecule has 0 spiro atoms. The van der Waals surface area contributed by atoms with Crippen molar-refractivity contribution < 1.29 is 9.90 Å². The van der Waals surface area contributed by atoms with Gasteiger partial charge in [0.25, 0.3) is 0 Å². The van der Waals surface area contributed by atoms with E-state index < -0.39 is 0 Å². The number of amides is 1. The molecule has 0 aromatic heterocycles. The monoisotopic (exact) mass is 191 g/mol. The first-order valence-electron chi connectivity index (χ1n) is 4.19. The highest BCUT2D eigenvalue weighted by atomic mass is 32.2. The molecular weight excluding hydrogens is 174 g/mol. The highest BCUT2D eigenvalue weighted by Crippen LogP contribution is 2.10. The summed E-state index contributed by atoms with van der Waals surface area (Å²) in [5, 5.41) is 11.6. The van der Waals surface area contributed by atoms with Crippen LogP contribution >= 0.6 is 11.8 Å². The van der Waals surface area contributed by atoms with Gasteiger partial charge in [-0.2, -0.15) is 11.8 Å². The standard InChI is InChI=1S/C8H17NO2S/c1-3-9-8(11)4-5-12-7(2)6-10/h7,10H,3-6H2,1-2H3,(H,9,11). The third-order valence-electron chi connectivity index (χ3n) is 1.36. The molecule has 0 heterocycles. The lowest BCUT2D eigenvalue weighted by atomic mass is 10.4. The molecule has 1 unspecified atom stereocenters. The predicted molar refractivity (Wildman–Crippen MR) is 52.3 cm³/mol. The van der Waals surface area contributed by atoms with Crippen molar-refractivity contribution in [2.24, 2.45) is 0 Å². The molecule has 0 aliphatic heterocycles. The minimum absolute atomic E-state index is 0.0927. The molecule has 0 radical (unpaired) electrons. The van der Waals surface area contributed by atoms with Crippen molar-refractivity contribution in [3.63, 3.8) is 0 Å². The van der Waals surface area contributed by atoms with Crippen molar-refractivity contribution in [3.05, 3.63) is 0 Å². The van der Waals surface area contributed by atoms with Gasteiger partial charge in [-0.15, -0.1) is 0 Å². The fourth-order valence-electron chi connectivity index (χ4n) is 0.691. The van der Waals surface area contributed by atoms with Crippen molar-refractivity contribution in [3.8, 4) is 0 Å². The molecule has 0 rings (SSSR count). The number of aliphatic hydroxyl groups is 1. The van der Waals surface area contributed by atoms with Crippen molar-refractivity contribution in [1.29, 1.82) is 0 Å². The van der Waals surface area contributed by atoms with E-state index in [9.17, 15) is 4.79 Å². The number of aliphatic hydroxyl groups excluding tert-OH is 1. The molecule has 0 aliphatic rings. The molecule has 2 N–H and O–H groups in total. The summed E-state index contributed by atoms with van der Waals surface area (Å²) in [5.41, 5.74) is 0. The van der Waals surface area contributed by atoms with Gasteiger partial charge in [0.2, 0.25) is 5.91 Å². The zero-order valence-corrected chi connectivity index (χ0v) is 8.49. The van der Waals surface area contributed by atoms with E-state index in [4.69, 9.17) is 5.11 Å². The first-order chi connectivity index (χ1) is 5.70. The topological polar surface area (TPSA) is 49.3 Å². The quantitative estimate of drug-likeness (QED) is 0.647. The number of thioether (sulfide) groups is 1. The van der Waals surface area contributed by atoms with E-state index in [1.165, 1.54) is 0 Å². The summed E-state index contributed by atoms with van der Waals surface area (Å²) in [4.78, 5) is 10.9. The fraction of sp³-hybridized carbons (Fsp3) is 0.875. The summed E-state index contributed by atoms with van der Waals surface area (Å²) < 4.78 is 0. The molecule has 3 nitrogen and oxygen atoms in total. The molecule has 0 bridgehead atoms. The number of hydrogen-bond acceptors (Lipinski definition) is 3. The normalized spacial score (nSPS) is 12.6. The molecule has 72 valence electrons. The van der Waals surface area contributed by atoms with Crippen LogP contribution in [0.1, 0.15) is 20.3 Å². The van der Waals surface area contributed by atoms with Crippen LogP contribution in [0.25, 0.3) is 0 Å². The number of carbonyl (C=O) groups is 1. The van der Waals surface area contributed by atoms with E-state index in [1.54, 1.807) is 11.8 Å². The van der Waals surface area contributed by atoms with Gasteiger partial charge in [0, 0.05) is 24.0 Å². The molecule has 0 saturated carbocycles. The average Bonchev–Trinajstić information content (AvgIpc) is 2.04. The number of carbonyl (C=O) groups excluding carboxylic acids is 1. The van der Waals surface area contributed by atoms with Crippen molar-refractivity contribution in [2.45, 2.75) is 25.5 Å². The van der Waals surface area contributed by atoms with Gasteiger partial charge < -0.3 is 10.4 Å². The van der Waals surface area contributed by atoms with E-state index in [2.05, 4.69) is 5.32 Å². The second kappa shape index (κ2) is 7.43. The highest BCUT2D eigenvalue weighted by Gasteiger charge is 2.02. The lowest BCUT2D eigenvalue weighted by molar-refractivity contribution is -0.120. The van der Waals surface area contributed by atoms with E-state index in [1.807, 2.05) is 13.8 Å². The van der Waals surface area contributed by atoms with Gasteiger partial charge in [0.05, 0.1) is 6.61 Å². The molecule has 0 aliphatic carbocycles. The minimum atomic E-state index is 0.0927. The molecular formula is C8H17NO2S.